The van der Waals surface area contributed by atoms with Crippen LogP contribution in [0.1, 0.15) is 36.3 Å². The number of amidine groups is 1. The lowest BCUT2D eigenvalue weighted by atomic mass is 9.98. The summed E-state index contributed by atoms with van der Waals surface area (Å²) in [5, 5.41) is 15.7. The molecule has 3 heterocycles. The Bertz CT molecular complexity index is 1310. The van der Waals surface area contributed by atoms with Crippen LogP contribution in [0.5, 0.6) is 5.88 Å². The van der Waals surface area contributed by atoms with Crippen molar-refractivity contribution in [3.05, 3.63) is 72.0 Å². The van der Waals surface area contributed by atoms with Crippen LogP contribution in [-0.4, -0.2) is 49.2 Å². The Morgan fingerprint density at radius 2 is 2.18 bits per heavy atom. The Morgan fingerprint density at radius 1 is 1.36 bits per heavy atom. The van der Waals surface area contributed by atoms with E-state index < -0.39 is 5.82 Å². The number of ether oxygens (including phenoxy) is 1. The summed E-state index contributed by atoms with van der Waals surface area (Å²) in [5.41, 5.74) is 9.68. The number of benzene rings is 1. The molecular formula is C22H22FN9O. The molecule has 1 atom stereocenters. The molecule has 0 radical (unpaired) electrons. The van der Waals surface area contributed by atoms with Gasteiger partial charge in [0.1, 0.15) is 30.0 Å². The van der Waals surface area contributed by atoms with Crippen LogP contribution in [-0.2, 0) is 0 Å². The number of aliphatic imine (C=N–C) groups is 1. The van der Waals surface area contributed by atoms with Crippen LogP contribution >= 0.6 is 0 Å². The first-order valence-corrected chi connectivity index (χ1v) is 10.1. The Morgan fingerprint density at radius 3 is 2.91 bits per heavy atom. The number of rotatable bonds is 8. The molecule has 33 heavy (non-hydrogen) atoms. The van der Waals surface area contributed by atoms with E-state index in [0.29, 0.717) is 40.5 Å². The minimum absolute atomic E-state index is 0.127. The molecule has 0 saturated carbocycles. The molecule has 4 aromatic rings. The summed E-state index contributed by atoms with van der Waals surface area (Å²) in [6.07, 6.45) is 6.26. The zero-order valence-electron chi connectivity index (χ0n) is 18.0. The van der Waals surface area contributed by atoms with Crippen molar-refractivity contribution in [2.45, 2.75) is 19.3 Å². The van der Waals surface area contributed by atoms with Gasteiger partial charge in [-0.2, -0.15) is 0 Å². The highest BCUT2D eigenvalue weighted by molar-refractivity contribution is 6.05. The van der Waals surface area contributed by atoms with Gasteiger partial charge in [-0.1, -0.05) is 24.3 Å². The second kappa shape index (κ2) is 9.39. The lowest BCUT2D eigenvalue weighted by Gasteiger charge is -2.09. The van der Waals surface area contributed by atoms with Crippen molar-refractivity contribution in [2.24, 2.45) is 10.7 Å². The SMILES string of the molecule is CCC(c1cn(-c2ccccc2F)nn1)c1cc(-c2cncnc2OC)c(C(N)=NC=N)[nH]1. The molecule has 168 valence electrons. The third-order valence-corrected chi connectivity index (χ3v) is 5.21. The van der Waals surface area contributed by atoms with E-state index in [4.69, 9.17) is 15.9 Å². The molecule has 0 amide bonds. The van der Waals surface area contributed by atoms with Crippen molar-refractivity contribution in [2.75, 3.05) is 7.11 Å². The van der Waals surface area contributed by atoms with Crippen molar-refractivity contribution >= 4 is 12.2 Å². The fourth-order valence-corrected chi connectivity index (χ4v) is 3.66. The summed E-state index contributed by atoms with van der Waals surface area (Å²) in [7, 11) is 1.52. The second-order valence-electron chi connectivity index (χ2n) is 7.10. The summed E-state index contributed by atoms with van der Waals surface area (Å²) in [5.74, 6) is -0.0836. The molecule has 0 aliphatic carbocycles. The smallest absolute Gasteiger partial charge is 0.224 e. The van der Waals surface area contributed by atoms with Crippen molar-refractivity contribution in [1.82, 2.24) is 29.9 Å². The molecule has 0 spiro atoms. The summed E-state index contributed by atoms with van der Waals surface area (Å²) in [6, 6.07) is 8.27. The molecule has 0 bridgehead atoms. The molecular weight excluding hydrogens is 425 g/mol. The van der Waals surface area contributed by atoms with Gasteiger partial charge in [0.2, 0.25) is 5.88 Å². The summed E-state index contributed by atoms with van der Waals surface area (Å²) >= 11 is 0. The molecule has 0 fully saturated rings. The number of methoxy groups -OCH3 is 1. The molecule has 10 nitrogen and oxygen atoms in total. The van der Waals surface area contributed by atoms with Gasteiger partial charge >= 0.3 is 0 Å². The molecule has 3 aromatic heterocycles. The fraction of sp³-hybridized carbons (Fsp3) is 0.182. The van der Waals surface area contributed by atoms with Gasteiger partial charge in [-0.3, -0.25) is 5.41 Å². The number of nitrogens with one attached hydrogen (secondary N) is 2. The number of H-pyrrole nitrogens is 1. The van der Waals surface area contributed by atoms with Gasteiger partial charge in [-0.25, -0.2) is 24.0 Å². The zero-order valence-corrected chi connectivity index (χ0v) is 18.0. The first kappa shape index (κ1) is 21.8. The van der Waals surface area contributed by atoms with E-state index in [0.717, 1.165) is 12.0 Å². The van der Waals surface area contributed by atoms with E-state index in [1.54, 1.807) is 30.6 Å². The highest BCUT2D eigenvalue weighted by Crippen LogP contribution is 2.35. The number of halogens is 1. The molecule has 1 aromatic carbocycles. The maximum atomic E-state index is 14.2. The topological polar surface area (TPSA) is 144 Å². The third kappa shape index (κ3) is 4.20. The number of aromatic nitrogens is 6. The van der Waals surface area contributed by atoms with Gasteiger partial charge in [-0.05, 0) is 24.6 Å². The largest absolute Gasteiger partial charge is 0.480 e. The standard InChI is InChI=1S/C22H22FN9O/c1-3-13(18-10-32(31-30-18)19-7-5-4-6-16(19)23)17-8-14(20(29-17)21(25)27-11-24)15-9-26-12-28-22(15)33-2/h4-13,29H,3H2,1-2H3,(H3,24,25,27). The molecule has 0 aliphatic heterocycles. The molecule has 11 heteroatoms. The predicted molar refractivity (Wildman–Crippen MR) is 121 cm³/mol. The Kier molecular flexibility index (Phi) is 6.20. The maximum Gasteiger partial charge on any atom is 0.224 e. The van der Waals surface area contributed by atoms with Crippen LogP contribution in [0.3, 0.4) is 0 Å². The Hall–Kier alpha value is -4.41. The highest BCUT2D eigenvalue weighted by atomic mass is 19.1. The third-order valence-electron chi connectivity index (χ3n) is 5.21. The predicted octanol–water partition coefficient (Wildman–Crippen LogP) is 3.05. The van der Waals surface area contributed by atoms with Crippen molar-refractivity contribution in [3.8, 4) is 22.7 Å². The van der Waals surface area contributed by atoms with E-state index >= 15 is 0 Å². The molecule has 4 rings (SSSR count). The normalized spacial score (nSPS) is 12.5. The summed E-state index contributed by atoms with van der Waals surface area (Å²) in [6.45, 7) is 2.01. The van der Waals surface area contributed by atoms with E-state index in [-0.39, 0.29) is 11.8 Å². The van der Waals surface area contributed by atoms with Gasteiger partial charge < -0.3 is 15.5 Å². The zero-order chi connectivity index (χ0) is 23.4. The lowest BCUT2D eigenvalue weighted by Crippen LogP contribution is -2.15. The van der Waals surface area contributed by atoms with Crippen LogP contribution < -0.4 is 10.5 Å². The minimum Gasteiger partial charge on any atom is -0.480 e. The van der Waals surface area contributed by atoms with E-state index in [2.05, 4.69) is 30.3 Å². The number of para-hydroxylation sites is 1. The Balaban J connectivity index is 1.80. The first-order valence-electron chi connectivity index (χ1n) is 10.1. The van der Waals surface area contributed by atoms with Gasteiger partial charge in [0.05, 0.1) is 30.3 Å². The Labute approximate surface area is 188 Å². The van der Waals surface area contributed by atoms with Crippen LogP contribution in [0.15, 0.2) is 54.0 Å². The van der Waals surface area contributed by atoms with E-state index in [1.807, 2.05) is 13.0 Å². The number of nitrogens with zero attached hydrogens (tertiary/aromatic N) is 6. The molecule has 0 saturated heterocycles. The molecule has 4 N–H and O–H groups in total. The van der Waals surface area contributed by atoms with E-state index in [9.17, 15) is 4.39 Å². The van der Waals surface area contributed by atoms with Crippen molar-refractivity contribution in [1.29, 1.82) is 5.41 Å². The van der Waals surface area contributed by atoms with Gasteiger partial charge in [0.15, 0.2) is 0 Å². The number of hydrogen-bond acceptors (Lipinski definition) is 6. The summed E-state index contributed by atoms with van der Waals surface area (Å²) in [4.78, 5) is 15.5. The number of aromatic amines is 1. The number of hydrogen-bond donors (Lipinski definition) is 3. The molecule has 0 aliphatic rings. The van der Waals surface area contributed by atoms with Crippen LogP contribution in [0, 0.1) is 11.2 Å². The van der Waals surface area contributed by atoms with Crippen molar-refractivity contribution < 1.29 is 9.13 Å². The molecule has 1 unspecified atom stereocenters. The fourth-order valence-electron chi connectivity index (χ4n) is 3.66. The summed E-state index contributed by atoms with van der Waals surface area (Å²) < 4.78 is 21.0. The van der Waals surface area contributed by atoms with E-state index in [1.165, 1.54) is 24.2 Å². The highest BCUT2D eigenvalue weighted by Gasteiger charge is 2.24. The average molecular weight is 447 g/mol. The van der Waals surface area contributed by atoms with Crippen LogP contribution in [0.25, 0.3) is 16.8 Å². The van der Waals surface area contributed by atoms with Gasteiger partial charge in [0.25, 0.3) is 0 Å². The quantitative estimate of drug-likeness (QED) is 0.280. The van der Waals surface area contributed by atoms with Gasteiger partial charge in [0, 0.05) is 23.4 Å². The van der Waals surface area contributed by atoms with Crippen LogP contribution in [0.4, 0.5) is 4.39 Å². The maximum absolute atomic E-state index is 14.2. The monoisotopic (exact) mass is 447 g/mol. The first-order chi connectivity index (χ1) is 16.1. The second-order valence-corrected chi connectivity index (χ2v) is 7.10. The number of nitrogens with two attached hydrogens (primary N) is 1. The van der Waals surface area contributed by atoms with Gasteiger partial charge in [-0.15, -0.1) is 5.10 Å². The lowest BCUT2D eigenvalue weighted by molar-refractivity contribution is 0.398. The van der Waals surface area contributed by atoms with Crippen molar-refractivity contribution in [3.63, 3.8) is 0 Å². The van der Waals surface area contributed by atoms with Crippen LogP contribution in [0.2, 0.25) is 0 Å². The average Bonchev–Trinajstić information content (AvgIpc) is 3.48. The minimum atomic E-state index is -0.391.